The Kier molecular flexibility index (Phi) is 7.23. The molecule has 1 N–H and O–H groups in total. The number of carbonyl (C=O) groups excluding carboxylic acids is 1. The van der Waals surface area contributed by atoms with Gasteiger partial charge in [0.05, 0.1) is 27.4 Å². The molecular formula is C22H27ClN2O4. The molecule has 1 aliphatic rings. The molecule has 0 bridgehead atoms. The Bertz CT molecular complexity index is 827. The van der Waals surface area contributed by atoms with Crippen molar-refractivity contribution in [3.8, 4) is 17.2 Å². The predicted molar refractivity (Wildman–Crippen MR) is 113 cm³/mol. The summed E-state index contributed by atoms with van der Waals surface area (Å²) in [7, 11) is 4.59. The normalized spacial score (nSPS) is 15.0. The number of halogens is 1. The number of carbonyl (C=O) groups is 1. The summed E-state index contributed by atoms with van der Waals surface area (Å²) in [6.07, 6.45) is 2.31. The largest absolute Gasteiger partial charge is 0.493 e. The predicted octanol–water partition coefficient (Wildman–Crippen LogP) is 3.93. The van der Waals surface area contributed by atoms with E-state index in [0.29, 0.717) is 34.4 Å². The summed E-state index contributed by atoms with van der Waals surface area (Å²) in [6, 6.07) is 11.1. The van der Waals surface area contributed by atoms with E-state index in [1.807, 2.05) is 24.3 Å². The van der Waals surface area contributed by atoms with Gasteiger partial charge >= 0.3 is 0 Å². The average Bonchev–Trinajstić information content (AvgIpc) is 3.28. The molecule has 1 aliphatic heterocycles. The highest BCUT2D eigenvalue weighted by atomic mass is 35.5. The maximum Gasteiger partial charge on any atom is 0.251 e. The number of nitrogens with one attached hydrogen (secondary N) is 1. The van der Waals surface area contributed by atoms with Crippen molar-refractivity contribution in [1.29, 1.82) is 0 Å². The van der Waals surface area contributed by atoms with E-state index in [0.717, 1.165) is 31.5 Å². The number of benzene rings is 2. The second-order valence-electron chi connectivity index (χ2n) is 6.90. The van der Waals surface area contributed by atoms with Gasteiger partial charge in [0.1, 0.15) is 0 Å². The molecule has 1 heterocycles. The third kappa shape index (κ3) is 4.77. The first-order chi connectivity index (χ1) is 14.1. The minimum absolute atomic E-state index is 0.0252. The lowest BCUT2D eigenvalue weighted by Gasteiger charge is -2.29. The number of methoxy groups -OCH3 is 3. The number of likely N-dealkylation sites (tertiary alicyclic amines) is 1. The third-order valence-electron chi connectivity index (χ3n) is 5.23. The fourth-order valence-corrected chi connectivity index (χ4v) is 4.00. The molecule has 1 atom stereocenters. The number of rotatable bonds is 8. The highest BCUT2D eigenvalue weighted by molar-refractivity contribution is 6.31. The van der Waals surface area contributed by atoms with Gasteiger partial charge in [-0.15, -0.1) is 0 Å². The standard InChI is InChI=1S/C22H27ClN2O4/c1-27-19-12-15(13-20(28-2)21(19)29-3)22(26)24-14-18(25-10-6-7-11-25)16-8-4-5-9-17(16)23/h4-5,8-9,12-13,18H,6-7,10-11,14H2,1-3H3,(H,24,26). The minimum atomic E-state index is -0.208. The summed E-state index contributed by atoms with van der Waals surface area (Å²) in [5.74, 6) is 1.14. The highest BCUT2D eigenvalue weighted by Gasteiger charge is 2.26. The van der Waals surface area contributed by atoms with Crippen molar-refractivity contribution >= 4 is 17.5 Å². The van der Waals surface area contributed by atoms with Crippen LogP contribution in [0.1, 0.15) is 34.8 Å². The summed E-state index contributed by atoms with van der Waals surface area (Å²) in [4.78, 5) is 15.3. The molecule has 1 amide bonds. The molecular weight excluding hydrogens is 392 g/mol. The fourth-order valence-electron chi connectivity index (χ4n) is 3.74. The monoisotopic (exact) mass is 418 g/mol. The molecule has 1 saturated heterocycles. The summed E-state index contributed by atoms with van der Waals surface area (Å²) in [5.41, 5.74) is 1.47. The summed E-state index contributed by atoms with van der Waals surface area (Å²) in [6.45, 7) is 2.45. The molecule has 2 aromatic carbocycles. The Labute approximate surface area is 176 Å². The molecule has 0 saturated carbocycles. The van der Waals surface area contributed by atoms with E-state index in [2.05, 4.69) is 10.2 Å². The lowest BCUT2D eigenvalue weighted by atomic mass is 10.0. The number of nitrogens with zero attached hydrogens (tertiary/aromatic N) is 1. The summed E-state index contributed by atoms with van der Waals surface area (Å²) < 4.78 is 16.0. The van der Waals surface area contributed by atoms with E-state index in [1.54, 1.807) is 12.1 Å². The smallest absolute Gasteiger partial charge is 0.251 e. The number of hydrogen-bond acceptors (Lipinski definition) is 5. The molecule has 6 nitrogen and oxygen atoms in total. The van der Waals surface area contributed by atoms with Gasteiger partial charge in [0.15, 0.2) is 11.5 Å². The molecule has 0 aromatic heterocycles. The van der Waals surface area contributed by atoms with Crippen LogP contribution >= 0.6 is 11.6 Å². The molecule has 156 valence electrons. The van der Waals surface area contributed by atoms with E-state index < -0.39 is 0 Å². The summed E-state index contributed by atoms with van der Waals surface area (Å²) in [5, 5.41) is 3.76. The third-order valence-corrected chi connectivity index (χ3v) is 5.57. The van der Waals surface area contributed by atoms with Gasteiger partial charge < -0.3 is 19.5 Å². The van der Waals surface area contributed by atoms with Gasteiger partial charge in [0, 0.05) is 17.1 Å². The van der Waals surface area contributed by atoms with E-state index >= 15 is 0 Å². The Hall–Kier alpha value is -2.44. The SMILES string of the molecule is COc1cc(C(=O)NCC(c2ccccc2Cl)N2CCCC2)cc(OC)c1OC. The number of ether oxygens (including phenoxy) is 3. The molecule has 1 fully saturated rings. The maximum atomic E-state index is 12.9. The van der Waals surface area contributed by atoms with Gasteiger partial charge in [0.25, 0.3) is 5.91 Å². The van der Waals surface area contributed by atoms with Crippen molar-refractivity contribution in [2.75, 3.05) is 41.0 Å². The molecule has 0 spiro atoms. The van der Waals surface area contributed by atoms with Crippen molar-refractivity contribution < 1.29 is 19.0 Å². The second kappa shape index (κ2) is 9.85. The fraction of sp³-hybridized carbons (Fsp3) is 0.409. The van der Waals surface area contributed by atoms with Crippen LogP contribution in [0.4, 0.5) is 0 Å². The van der Waals surface area contributed by atoms with Crippen LogP contribution in [-0.4, -0.2) is 51.8 Å². The molecule has 7 heteroatoms. The van der Waals surface area contributed by atoms with Crippen molar-refractivity contribution in [2.24, 2.45) is 0 Å². The van der Waals surface area contributed by atoms with Gasteiger partial charge in [-0.3, -0.25) is 9.69 Å². The zero-order chi connectivity index (χ0) is 20.8. The van der Waals surface area contributed by atoms with E-state index in [-0.39, 0.29) is 11.9 Å². The van der Waals surface area contributed by atoms with Crippen LogP contribution in [0.15, 0.2) is 36.4 Å². The van der Waals surface area contributed by atoms with E-state index in [4.69, 9.17) is 25.8 Å². The van der Waals surface area contributed by atoms with Gasteiger partial charge in [-0.25, -0.2) is 0 Å². The van der Waals surface area contributed by atoms with Crippen LogP contribution in [0.2, 0.25) is 5.02 Å². The van der Waals surface area contributed by atoms with E-state index in [9.17, 15) is 4.79 Å². The first-order valence-electron chi connectivity index (χ1n) is 9.65. The van der Waals surface area contributed by atoms with Crippen LogP contribution in [0.3, 0.4) is 0 Å². The van der Waals surface area contributed by atoms with E-state index in [1.165, 1.54) is 21.3 Å². The Morgan fingerprint density at radius 2 is 1.69 bits per heavy atom. The van der Waals surface area contributed by atoms with Crippen molar-refractivity contribution in [2.45, 2.75) is 18.9 Å². The molecule has 1 unspecified atom stereocenters. The topological polar surface area (TPSA) is 60.0 Å². The lowest BCUT2D eigenvalue weighted by molar-refractivity contribution is 0.0937. The van der Waals surface area contributed by atoms with Crippen LogP contribution in [0.5, 0.6) is 17.2 Å². The van der Waals surface area contributed by atoms with Gasteiger partial charge in [-0.1, -0.05) is 29.8 Å². The van der Waals surface area contributed by atoms with Crippen LogP contribution in [0.25, 0.3) is 0 Å². The molecule has 0 radical (unpaired) electrons. The quantitative estimate of drug-likeness (QED) is 0.703. The van der Waals surface area contributed by atoms with Crippen LogP contribution in [-0.2, 0) is 0 Å². The van der Waals surface area contributed by atoms with Gasteiger partial charge in [-0.2, -0.15) is 0 Å². The van der Waals surface area contributed by atoms with Crippen LogP contribution < -0.4 is 19.5 Å². The first-order valence-corrected chi connectivity index (χ1v) is 10.0. The Morgan fingerprint density at radius 1 is 1.07 bits per heavy atom. The maximum absolute atomic E-state index is 12.9. The molecule has 2 aromatic rings. The first kappa shape index (κ1) is 21.3. The average molecular weight is 419 g/mol. The Balaban J connectivity index is 1.81. The minimum Gasteiger partial charge on any atom is -0.493 e. The zero-order valence-corrected chi connectivity index (χ0v) is 17.8. The number of hydrogen-bond donors (Lipinski definition) is 1. The van der Waals surface area contributed by atoms with Gasteiger partial charge in [0.2, 0.25) is 5.75 Å². The van der Waals surface area contributed by atoms with Gasteiger partial charge in [-0.05, 0) is 49.7 Å². The van der Waals surface area contributed by atoms with Crippen molar-refractivity contribution in [1.82, 2.24) is 10.2 Å². The summed E-state index contributed by atoms with van der Waals surface area (Å²) >= 11 is 6.46. The van der Waals surface area contributed by atoms with Crippen molar-refractivity contribution in [3.05, 3.63) is 52.5 Å². The molecule has 29 heavy (non-hydrogen) atoms. The molecule has 0 aliphatic carbocycles. The zero-order valence-electron chi connectivity index (χ0n) is 17.0. The second-order valence-corrected chi connectivity index (χ2v) is 7.31. The lowest BCUT2D eigenvalue weighted by Crippen LogP contribution is -2.37. The highest BCUT2D eigenvalue weighted by Crippen LogP contribution is 2.38. The van der Waals surface area contributed by atoms with Crippen molar-refractivity contribution in [3.63, 3.8) is 0 Å². The van der Waals surface area contributed by atoms with Crippen LogP contribution in [0, 0.1) is 0 Å². The Morgan fingerprint density at radius 3 is 2.24 bits per heavy atom. The molecule has 3 rings (SSSR count). The number of amides is 1.